The molecule has 1 atom stereocenters. The van der Waals surface area contributed by atoms with Gasteiger partial charge in [0.05, 0.1) is 13.2 Å². The molecule has 0 aliphatic heterocycles. The molecule has 21 heavy (non-hydrogen) atoms. The highest BCUT2D eigenvalue weighted by Gasteiger charge is 2.16. The van der Waals surface area contributed by atoms with Gasteiger partial charge in [0, 0.05) is 24.8 Å². The monoisotopic (exact) mass is 285 g/mol. The molecule has 0 heterocycles. The molecule has 0 bridgehead atoms. The van der Waals surface area contributed by atoms with Gasteiger partial charge in [-0.05, 0) is 37.6 Å². The van der Waals surface area contributed by atoms with E-state index in [2.05, 4.69) is 24.0 Å². The molecule has 3 nitrogen and oxygen atoms in total. The van der Waals surface area contributed by atoms with Gasteiger partial charge in [0.15, 0.2) is 0 Å². The number of ether oxygens (including phenoxy) is 1. The van der Waals surface area contributed by atoms with Crippen LogP contribution >= 0.6 is 0 Å². The summed E-state index contributed by atoms with van der Waals surface area (Å²) < 4.78 is 5.35. The van der Waals surface area contributed by atoms with Crippen LogP contribution in [0.4, 0.5) is 5.69 Å². The van der Waals surface area contributed by atoms with Crippen LogP contribution in [0.2, 0.25) is 0 Å². The second-order valence-electron chi connectivity index (χ2n) is 5.43. The third-order valence-electron chi connectivity index (χ3n) is 3.72. The van der Waals surface area contributed by atoms with Crippen LogP contribution in [0.25, 0.3) is 0 Å². The van der Waals surface area contributed by atoms with Crippen LogP contribution in [-0.2, 0) is 0 Å². The van der Waals surface area contributed by atoms with E-state index in [0.717, 1.165) is 22.6 Å². The second kappa shape index (κ2) is 6.64. The molecule has 112 valence electrons. The lowest BCUT2D eigenvalue weighted by Crippen LogP contribution is -2.25. The molecule has 1 N–H and O–H groups in total. The zero-order valence-corrected chi connectivity index (χ0v) is 13.1. The summed E-state index contributed by atoms with van der Waals surface area (Å²) in [5.41, 5.74) is 4.27. The fourth-order valence-corrected chi connectivity index (χ4v) is 2.56. The van der Waals surface area contributed by atoms with Crippen LogP contribution in [0.5, 0.6) is 5.75 Å². The van der Waals surface area contributed by atoms with Crippen molar-refractivity contribution < 1.29 is 9.84 Å². The third kappa shape index (κ3) is 3.56. The summed E-state index contributed by atoms with van der Waals surface area (Å²) in [7, 11) is 3.62. The Morgan fingerprint density at radius 2 is 1.86 bits per heavy atom. The summed E-state index contributed by atoms with van der Waals surface area (Å²) in [5, 5.41) is 10.6. The summed E-state index contributed by atoms with van der Waals surface area (Å²) in [4.78, 5) is 2.07. The smallest absolute Gasteiger partial charge is 0.124 e. The Labute approximate surface area is 126 Å². The maximum absolute atomic E-state index is 10.6. The first kappa shape index (κ1) is 15.4. The molecule has 0 saturated carbocycles. The summed E-state index contributed by atoms with van der Waals surface area (Å²) in [6.07, 6.45) is -0.593. The van der Waals surface area contributed by atoms with Crippen LogP contribution in [0.15, 0.2) is 42.5 Å². The van der Waals surface area contributed by atoms with Gasteiger partial charge in [-0.1, -0.05) is 29.8 Å². The van der Waals surface area contributed by atoms with E-state index in [-0.39, 0.29) is 0 Å². The molecule has 2 rings (SSSR count). The third-order valence-corrected chi connectivity index (χ3v) is 3.72. The van der Waals surface area contributed by atoms with E-state index in [1.807, 2.05) is 44.3 Å². The van der Waals surface area contributed by atoms with Crippen molar-refractivity contribution in [3.8, 4) is 5.75 Å². The number of aliphatic hydroxyl groups is 1. The average Bonchev–Trinajstić information content (AvgIpc) is 2.47. The maximum Gasteiger partial charge on any atom is 0.124 e. The number of hydrogen-bond donors (Lipinski definition) is 1. The first-order chi connectivity index (χ1) is 10.0. The van der Waals surface area contributed by atoms with Crippen molar-refractivity contribution in [2.24, 2.45) is 0 Å². The zero-order chi connectivity index (χ0) is 15.4. The quantitative estimate of drug-likeness (QED) is 0.913. The highest BCUT2D eigenvalue weighted by molar-refractivity contribution is 5.52. The molecule has 0 aliphatic carbocycles. The summed E-state index contributed by atoms with van der Waals surface area (Å²) in [6.45, 7) is 4.61. The Morgan fingerprint density at radius 1 is 1.14 bits per heavy atom. The first-order valence-corrected chi connectivity index (χ1v) is 7.12. The van der Waals surface area contributed by atoms with Crippen molar-refractivity contribution in [3.63, 3.8) is 0 Å². The molecule has 0 fully saturated rings. The van der Waals surface area contributed by atoms with Gasteiger partial charge in [-0.15, -0.1) is 0 Å². The number of likely N-dealkylation sites (N-methyl/N-ethyl adjacent to an activating group) is 1. The number of methoxy groups -OCH3 is 1. The number of anilines is 1. The predicted molar refractivity (Wildman–Crippen MR) is 87.1 cm³/mol. The molecule has 0 radical (unpaired) electrons. The largest absolute Gasteiger partial charge is 0.496 e. The number of benzene rings is 2. The van der Waals surface area contributed by atoms with Gasteiger partial charge in [0.2, 0.25) is 0 Å². The zero-order valence-electron chi connectivity index (χ0n) is 13.1. The number of hydrogen-bond acceptors (Lipinski definition) is 3. The molecule has 2 aromatic rings. The topological polar surface area (TPSA) is 32.7 Å². The van der Waals surface area contributed by atoms with Crippen LogP contribution in [0, 0.1) is 13.8 Å². The molecule has 0 spiro atoms. The van der Waals surface area contributed by atoms with Crippen molar-refractivity contribution in [1.29, 1.82) is 0 Å². The molecule has 0 aromatic heterocycles. The second-order valence-corrected chi connectivity index (χ2v) is 5.43. The molecule has 0 amide bonds. The molecule has 0 saturated heterocycles. The summed E-state index contributed by atoms with van der Waals surface area (Å²) >= 11 is 0. The van der Waals surface area contributed by atoms with Crippen molar-refractivity contribution >= 4 is 5.69 Å². The average molecular weight is 285 g/mol. The maximum atomic E-state index is 10.6. The normalized spacial score (nSPS) is 12.0. The molecule has 2 aromatic carbocycles. The lowest BCUT2D eigenvalue weighted by atomic mass is 10.0. The molecular formula is C18H23NO2. The van der Waals surface area contributed by atoms with Crippen molar-refractivity contribution in [2.45, 2.75) is 20.0 Å². The lowest BCUT2D eigenvalue weighted by molar-refractivity contribution is 0.180. The number of rotatable bonds is 5. The highest BCUT2D eigenvalue weighted by Crippen LogP contribution is 2.28. The van der Waals surface area contributed by atoms with E-state index in [1.165, 1.54) is 5.56 Å². The Hall–Kier alpha value is -2.00. The Balaban J connectivity index is 2.20. The van der Waals surface area contributed by atoms with Crippen LogP contribution in [0.1, 0.15) is 22.8 Å². The predicted octanol–water partition coefficient (Wildman–Crippen LogP) is 3.48. The van der Waals surface area contributed by atoms with Crippen molar-refractivity contribution in [2.75, 3.05) is 25.6 Å². The van der Waals surface area contributed by atoms with E-state index in [1.54, 1.807) is 7.11 Å². The SMILES string of the molecule is COc1ccc(C)cc1C(O)CN(C)c1ccccc1C. The van der Waals surface area contributed by atoms with E-state index in [4.69, 9.17) is 4.74 Å². The molecular weight excluding hydrogens is 262 g/mol. The lowest BCUT2D eigenvalue weighted by Gasteiger charge is -2.25. The summed E-state index contributed by atoms with van der Waals surface area (Å²) in [5.74, 6) is 0.728. The molecule has 3 heteroatoms. The Bertz CT molecular complexity index is 610. The van der Waals surface area contributed by atoms with E-state index in [0.29, 0.717) is 6.54 Å². The van der Waals surface area contributed by atoms with Gasteiger partial charge in [-0.25, -0.2) is 0 Å². The van der Waals surface area contributed by atoms with E-state index in [9.17, 15) is 5.11 Å². The number of aliphatic hydroxyl groups excluding tert-OH is 1. The molecule has 0 aliphatic rings. The minimum absolute atomic E-state index is 0.519. The number of nitrogens with zero attached hydrogens (tertiary/aromatic N) is 1. The minimum atomic E-state index is -0.593. The van der Waals surface area contributed by atoms with Crippen LogP contribution in [0.3, 0.4) is 0 Å². The van der Waals surface area contributed by atoms with Gasteiger partial charge >= 0.3 is 0 Å². The Kier molecular flexibility index (Phi) is 4.86. The van der Waals surface area contributed by atoms with Crippen molar-refractivity contribution in [1.82, 2.24) is 0 Å². The fourth-order valence-electron chi connectivity index (χ4n) is 2.56. The van der Waals surface area contributed by atoms with Gasteiger partial charge < -0.3 is 14.7 Å². The van der Waals surface area contributed by atoms with Gasteiger partial charge in [-0.2, -0.15) is 0 Å². The highest BCUT2D eigenvalue weighted by atomic mass is 16.5. The fraction of sp³-hybridized carbons (Fsp3) is 0.333. The van der Waals surface area contributed by atoms with E-state index < -0.39 is 6.10 Å². The molecule has 1 unspecified atom stereocenters. The standard InChI is InChI=1S/C18H23NO2/c1-13-9-10-18(21-4)15(11-13)17(20)12-19(3)16-8-6-5-7-14(16)2/h5-11,17,20H,12H2,1-4H3. The van der Waals surface area contributed by atoms with Crippen LogP contribution < -0.4 is 9.64 Å². The minimum Gasteiger partial charge on any atom is -0.496 e. The van der Waals surface area contributed by atoms with Gasteiger partial charge in [-0.3, -0.25) is 0 Å². The van der Waals surface area contributed by atoms with Crippen molar-refractivity contribution in [3.05, 3.63) is 59.2 Å². The summed E-state index contributed by atoms with van der Waals surface area (Å²) in [6, 6.07) is 14.0. The Morgan fingerprint density at radius 3 is 2.52 bits per heavy atom. The number of aryl methyl sites for hydroxylation is 2. The van der Waals surface area contributed by atoms with Gasteiger partial charge in [0.1, 0.15) is 5.75 Å². The van der Waals surface area contributed by atoms with Gasteiger partial charge in [0.25, 0.3) is 0 Å². The van der Waals surface area contributed by atoms with E-state index >= 15 is 0 Å². The van der Waals surface area contributed by atoms with Crippen LogP contribution in [-0.4, -0.2) is 25.8 Å². The number of para-hydroxylation sites is 1. The first-order valence-electron chi connectivity index (χ1n) is 7.12.